The normalized spacial score (nSPS) is 19.9. The first-order valence-corrected chi connectivity index (χ1v) is 7.46. The maximum Gasteiger partial charge on any atom is 0.312 e. The number of amides is 2. The summed E-state index contributed by atoms with van der Waals surface area (Å²) < 4.78 is 44.2. The molecule has 0 bridgehead atoms. The molecule has 1 heterocycles. The second kappa shape index (κ2) is 7.97. The van der Waals surface area contributed by atoms with E-state index in [1.54, 1.807) is 0 Å². The van der Waals surface area contributed by atoms with Crippen molar-refractivity contribution in [1.29, 1.82) is 0 Å². The molecule has 136 valence electrons. The van der Waals surface area contributed by atoms with E-state index in [0.29, 0.717) is 24.1 Å². The minimum absolute atomic E-state index is 0.218. The van der Waals surface area contributed by atoms with Gasteiger partial charge in [-0.1, -0.05) is 0 Å². The predicted octanol–water partition coefficient (Wildman–Crippen LogP) is -1.01. The van der Waals surface area contributed by atoms with Gasteiger partial charge in [-0.2, -0.15) is 0 Å². The first-order chi connectivity index (χ1) is 11.8. The van der Waals surface area contributed by atoms with E-state index in [0.717, 1.165) is 6.07 Å². The summed E-state index contributed by atoms with van der Waals surface area (Å²) in [6, 6.07) is 0.757. The van der Waals surface area contributed by atoms with Gasteiger partial charge in [0, 0.05) is 0 Å². The molecule has 1 aromatic rings. The molecule has 0 aromatic heterocycles. The molecule has 1 fully saturated rings. The number of esters is 1. The molecule has 2 atom stereocenters. The fourth-order valence-corrected chi connectivity index (χ4v) is 2.55. The van der Waals surface area contributed by atoms with Crippen molar-refractivity contribution in [1.82, 2.24) is 5.32 Å². The van der Waals surface area contributed by atoms with Crippen molar-refractivity contribution in [2.24, 2.45) is 0 Å². The number of halogens is 3. The molecule has 1 unspecified atom stereocenters. The lowest BCUT2D eigenvalue weighted by Gasteiger charge is -2.30. The Kier molecular flexibility index (Phi) is 5.97. The van der Waals surface area contributed by atoms with Crippen LogP contribution in [0.25, 0.3) is 0 Å². The van der Waals surface area contributed by atoms with Crippen molar-refractivity contribution in [2.75, 3.05) is 32.1 Å². The minimum atomic E-state index is -1.69. The van der Waals surface area contributed by atoms with E-state index >= 15 is 0 Å². The molecule has 25 heavy (non-hydrogen) atoms. The largest absolute Gasteiger partial charge is 0.469 e. The van der Waals surface area contributed by atoms with E-state index in [9.17, 15) is 27.6 Å². The SMILES string of the molecule is COC(=O)C[C@H]1C(=O)NCC[NH+]1CC(=O)Nc1ccc(F)c(F)c1F. The number of anilines is 1. The van der Waals surface area contributed by atoms with Gasteiger partial charge in [0.1, 0.15) is 6.42 Å². The number of carbonyl (C=O) groups is 3. The Hall–Kier alpha value is -2.62. The number of nitrogens with one attached hydrogen (secondary N) is 3. The molecule has 0 radical (unpaired) electrons. The zero-order valence-corrected chi connectivity index (χ0v) is 13.3. The highest BCUT2D eigenvalue weighted by Gasteiger charge is 2.37. The number of methoxy groups -OCH3 is 1. The van der Waals surface area contributed by atoms with E-state index < -0.39 is 47.0 Å². The van der Waals surface area contributed by atoms with Gasteiger partial charge in [0.2, 0.25) is 0 Å². The van der Waals surface area contributed by atoms with Gasteiger partial charge in [-0.25, -0.2) is 13.2 Å². The van der Waals surface area contributed by atoms with E-state index in [2.05, 4.69) is 15.4 Å². The Balaban J connectivity index is 2.06. The van der Waals surface area contributed by atoms with Gasteiger partial charge in [-0.3, -0.25) is 14.4 Å². The number of hydrogen-bond donors (Lipinski definition) is 3. The van der Waals surface area contributed by atoms with Crippen LogP contribution in [-0.4, -0.2) is 50.6 Å². The van der Waals surface area contributed by atoms with Gasteiger partial charge in [0.25, 0.3) is 11.8 Å². The quantitative estimate of drug-likeness (QED) is 0.464. The van der Waals surface area contributed by atoms with Crippen LogP contribution < -0.4 is 15.5 Å². The first-order valence-electron chi connectivity index (χ1n) is 7.46. The molecule has 7 nitrogen and oxygen atoms in total. The van der Waals surface area contributed by atoms with E-state index in [4.69, 9.17) is 0 Å². The summed E-state index contributed by atoms with van der Waals surface area (Å²) in [6.45, 7) is 0.410. The number of benzene rings is 1. The molecule has 0 saturated carbocycles. The average Bonchev–Trinajstić information content (AvgIpc) is 2.58. The number of ether oxygens (including phenoxy) is 1. The lowest BCUT2D eigenvalue weighted by atomic mass is 10.1. The summed E-state index contributed by atoms with van der Waals surface area (Å²) in [5, 5.41) is 4.73. The first kappa shape index (κ1) is 18.7. The van der Waals surface area contributed by atoms with Crippen LogP contribution in [0.1, 0.15) is 6.42 Å². The van der Waals surface area contributed by atoms with Crippen LogP contribution in [0, 0.1) is 17.5 Å². The van der Waals surface area contributed by atoms with Gasteiger partial charge >= 0.3 is 5.97 Å². The lowest BCUT2D eigenvalue weighted by Crippen LogP contribution is -3.20. The van der Waals surface area contributed by atoms with Crippen molar-refractivity contribution in [3.05, 3.63) is 29.6 Å². The van der Waals surface area contributed by atoms with Crippen LogP contribution in [0.4, 0.5) is 18.9 Å². The van der Waals surface area contributed by atoms with Gasteiger partial charge in [0.15, 0.2) is 30.0 Å². The monoisotopic (exact) mass is 360 g/mol. The molecular weight excluding hydrogens is 343 g/mol. The van der Waals surface area contributed by atoms with Crippen molar-refractivity contribution in [3.63, 3.8) is 0 Å². The van der Waals surface area contributed by atoms with Crippen molar-refractivity contribution >= 4 is 23.5 Å². The highest BCUT2D eigenvalue weighted by Crippen LogP contribution is 2.19. The zero-order chi connectivity index (χ0) is 18.6. The number of piperazine rings is 1. The summed E-state index contributed by atoms with van der Waals surface area (Å²) in [4.78, 5) is 35.9. The average molecular weight is 360 g/mol. The predicted molar refractivity (Wildman–Crippen MR) is 79.1 cm³/mol. The van der Waals surface area contributed by atoms with Gasteiger partial charge < -0.3 is 20.3 Å². The van der Waals surface area contributed by atoms with Gasteiger partial charge in [-0.15, -0.1) is 0 Å². The third-order valence-electron chi connectivity index (χ3n) is 3.85. The molecule has 10 heteroatoms. The summed E-state index contributed by atoms with van der Waals surface area (Å²) in [5.41, 5.74) is -0.505. The lowest BCUT2D eigenvalue weighted by molar-refractivity contribution is -0.909. The molecule has 1 aliphatic heterocycles. The number of hydrogen-bond acceptors (Lipinski definition) is 4. The van der Waals surface area contributed by atoms with Crippen LogP contribution in [0.3, 0.4) is 0 Å². The topological polar surface area (TPSA) is 88.9 Å². The zero-order valence-electron chi connectivity index (χ0n) is 13.3. The molecule has 2 amide bonds. The van der Waals surface area contributed by atoms with Crippen molar-refractivity contribution in [2.45, 2.75) is 12.5 Å². The van der Waals surface area contributed by atoms with Gasteiger partial charge in [-0.05, 0) is 12.1 Å². The van der Waals surface area contributed by atoms with Gasteiger partial charge in [0.05, 0.1) is 25.9 Å². The summed E-state index contributed by atoms with van der Waals surface area (Å²) in [7, 11) is 1.18. The van der Waals surface area contributed by atoms with Crippen molar-refractivity contribution < 1.29 is 37.2 Å². The number of carbonyl (C=O) groups excluding carboxylic acids is 3. The Bertz CT molecular complexity index is 699. The van der Waals surface area contributed by atoms with Crippen LogP contribution in [-0.2, 0) is 19.1 Å². The fourth-order valence-electron chi connectivity index (χ4n) is 2.55. The molecule has 1 saturated heterocycles. The Morgan fingerprint density at radius 3 is 2.72 bits per heavy atom. The van der Waals surface area contributed by atoms with Crippen LogP contribution in [0.5, 0.6) is 0 Å². The number of rotatable bonds is 5. The second-order valence-electron chi connectivity index (χ2n) is 5.48. The van der Waals surface area contributed by atoms with Crippen molar-refractivity contribution in [3.8, 4) is 0 Å². The van der Waals surface area contributed by atoms with E-state index in [-0.39, 0.29) is 13.0 Å². The minimum Gasteiger partial charge on any atom is -0.469 e. The Morgan fingerprint density at radius 2 is 2.04 bits per heavy atom. The standard InChI is InChI=1S/C15H16F3N3O4/c1-25-12(23)6-10-15(24)19-4-5-21(10)7-11(22)20-9-3-2-8(16)13(17)14(9)18/h2-3,10H,4-7H2,1H3,(H,19,24)(H,20,22)/p+1/t10-/m0/s1. The Morgan fingerprint density at radius 1 is 1.32 bits per heavy atom. The summed E-state index contributed by atoms with van der Waals surface area (Å²) in [6.07, 6.45) is -0.218. The number of quaternary nitrogens is 1. The third-order valence-corrected chi connectivity index (χ3v) is 3.85. The summed E-state index contributed by atoms with van der Waals surface area (Å²) >= 11 is 0. The third kappa shape index (κ3) is 4.47. The molecule has 3 N–H and O–H groups in total. The maximum atomic E-state index is 13.6. The molecule has 0 aliphatic carbocycles. The van der Waals surface area contributed by atoms with Crippen LogP contribution in [0.15, 0.2) is 12.1 Å². The maximum absolute atomic E-state index is 13.6. The highest BCUT2D eigenvalue weighted by molar-refractivity contribution is 5.92. The van der Waals surface area contributed by atoms with E-state index in [1.165, 1.54) is 7.11 Å². The second-order valence-corrected chi connectivity index (χ2v) is 5.48. The smallest absolute Gasteiger partial charge is 0.312 e. The van der Waals surface area contributed by atoms with Crippen LogP contribution in [0.2, 0.25) is 0 Å². The fraction of sp³-hybridized carbons (Fsp3) is 0.400. The van der Waals surface area contributed by atoms with E-state index in [1.807, 2.05) is 0 Å². The molecule has 0 spiro atoms. The molecule has 1 aromatic carbocycles. The highest BCUT2D eigenvalue weighted by atomic mass is 19.2. The Labute approximate surface area is 141 Å². The molecule has 1 aliphatic rings. The molecular formula is C15H17F3N3O4+. The van der Waals surface area contributed by atoms with Crippen LogP contribution >= 0.6 is 0 Å². The molecule has 2 rings (SSSR count). The summed E-state index contributed by atoms with van der Waals surface area (Å²) in [5.74, 6) is -6.28.